The highest BCUT2D eigenvalue weighted by Crippen LogP contribution is 2.33. The van der Waals surface area contributed by atoms with Crippen LogP contribution in [0.15, 0.2) is 112 Å². The van der Waals surface area contributed by atoms with Crippen LogP contribution < -0.4 is 4.72 Å². The molecule has 166 valence electrons. The summed E-state index contributed by atoms with van der Waals surface area (Å²) in [7, 11) is -8.14. The minimum absolute atomic E-state index is 0.0118. The molecule has 32 heavy (non-hydrogen) atoms. The molecule has 3 aromatic rings. The summed E-state index contributed by atoms with van der Waals surface area (Å²) >= 11 is 6.14. The largest absolute Gasteiger partial charge is 0.241 e. The molecule has 0 radical (unpaired) electrons. The van der Waals surface area contributed by atoms with Gasteiger partial charge in [-0.2, -0.15) is 4.72 Å². The SMILES string of the molecule is C=C/C=C(\C(NS(=O)(=O)c1ccccc1)c1cccc(Cl)c1)S(=O)(=O)c1ccc(C)cc1. The summed E-state index contributed by atoms with van der Waals surface area (Å²) < 4.78 is 55.9. The molecule has 0 aliphatic carbocycles. The summed E-state index contributed by atoms with van der Waals surface area (Å²) in [6.07, 6.45) is 2.61. The second kappa shape index (κ2) is 9.83. The molecular formula is C24H22ClNO4S2. The monoisotopic (exact) mass is 487 g/mol. The molecule has 8 heteroatoms. The minimum atomic E-state index is -4.07. The standard InChI is InChI=1S/C24H22ClNO4S2/c1-3-8-23(31(27,28)21-15-13-18(2)14-16-21)24(19-9-7-10-20(25)17-19)26-32(29,30)22-11-5-4-6-12-22/h3-17,24,26H,1H2,2H3/b23-8+. The number of allylic oxidation sites excluding steroid dienone is 2. The molecule has 0 saturated carbocycles. The van der Waals surface area contributed by atoms with Gasteiger partial charge in [0.2, 0.25) is 19.9 Å². The first-order chi connectivity index (χ1) is 15.1. The fraction of sp³-hybridized carbons (Fsp3) is 0.0833. The highest BCUT2D eigenvalue weighted by molar-refractivity contribution is 7.95. The average molecular weight is 488 g/mol. The quantitative estimate of drug-likeness (QED) is 0.442. The van der Waals surface area contributed by atoms with Crippen molar-refractivity contribution >= 4 is 31.5 Å². The Hall–Kier alpha value is -2.71. The number of sulfonamides is 1. The van der Waals surface area contributed by atoms with Gasteiger partial charge in [0, 0.05) is 5.02 Å². The topological polar surface area (TPSA) is 80.3 Å². The normalized spacial score (nSPS) is 13.5. The number of hydrogen-bond acceptors (Lipinski definition) is 4. The van der Waals surface area contributed by atoms with Crippen molar-refractivity contribution in [2.24, 2.45) is 0 Å². The van der Waals surface area contributed by atoms with Crippen molar-refractivity contribution in [1.29, 1.82) is 0 Å². The maximum atomic E-state index is 13.6. The summed E-state index contributed by atoms with van der Waals surface area (Å²) in [5, 5.41) is 0.345. The lowest BCUT2D eigenvalue weighted by Crippen LogP contribution is -2.32. The van der Waals surface area contributed by atoms with E-state index in [0.29, 0.717) is 10.6 Å². The number of sulfone groups is 1. The van der Waals surface area contributed by atoms with Crippen molar-refractivity contribution in [3.63, 3.8) is 0 Å². The Bertz CT molecular complexity index is 1350. The van der Waals surface area contributed by atoms with Crippen LogP contribution in [0.2, 0.25) is 5.02 Å². The number of benzene rings is 3. The summed E-state index contributed by atoms with van der Waals surface area (Å²) in [6.45, 7) is 5.47. The van der Waals surface area contributed by atoms with Crippen LogP contribution in [0.1, 0.15) is 17.2 Å². The Balaban J connectivity index is 2.19. The van der Waals surface area contributed by atoms with Crippen LogP contribution in [0.25, 0.3) is 0 Å². The zero-order chi connectivity index (χ0) is 23.4. The number of rotatable bonds is 8. The second-order valence-corrected chi connectivity index (χ2v) is 11.1. The van der Waals surface area contributed by atoms with E-state index in [-0.39, 0.29) is 14.7 Å². The van der Waals surface area contributed by atoms with Crippen molar-refractivity contribution in [3.05, 3.63) is 119 Å². The predicted molar refractivity (Wildman–Crippen MR) is 128 cm³/mol. The van der Waals surface area contributed by atoms with E-state index in [1.165, 1.54) is 42.5 Å². The van der Waals surface area contributed by atoms with E-state index < -0.39 is 25.9 Å². The molecular weight excluding hydrogens is 466 g/mol. The molecule has 0 aromatic heterocycles. The molecule has 3 aromatic carbocycles. The molecule has 0 bridgehead atoms. The fourth-order valence-corrected chi connectivity index (χ4v) is 6.16. The van der Waals surface area contributed by atoms with Crippen molar-refractivity contribution in [2.45, 2.75) is 22.8 Å². The zero-order valence-corrected chi connectivity index (χ0v) is 19.7. The Morgan fingerprint density at radius 2 is 1.56 bits per heavy atom. The highest BCUT2D eigenvalue weighted by atomic mass is 35.5. The molecule has 0 amide bonds. The molecule has 0 heterocycles. The Morgan fingerprint density at radius 3 is 2.16 bits per heavy atom. The van der Waals surface area contributed by atoms with Gasteiger partial charge in [-0.1, -0.05) is 72.3 Å². The molecule has 1 N–H and O–H groups in total. The maximum Gasteiger partial charge on any atom is 0.241 e. The van der Waals surface area contributed by atoms with E-state index in [9.17, 15) is 16.8 Å². The molecule has 3 rings (SSSR count). The van der Waals surface area contributed by atoms with E-state index in [4.69, 9.17) is 11.6 Å². The smallest absolute Gasteiger partial charge is 0.219 e. The molecule has 5 nitrogen and oxygen atoms in total. The number of hydrogen-bond donors (Lipinski definition) is 1. The molecule has 0 spiro atoms. The van der Waals surface area contributed by atoms with Gasteiger partial charge in [-0.25, -0.2) is 16.8 Å². The lowest BCUT2D eigenvalue weighted by molar-refractivity contribution is 0.569. The van der Waals surface area contributed by atoms with Gasteiger partial charge in [-0.15, -0.1) is 0 Å². The molecule has 1 atom stereocenters. The number of nitrogens with one attached hydrogen (secondary N) is 1. The first-order valence-corrected chi connectivity index (χ1v) is 13.0. The first-order valence-electron chi connectivity index (χ1n) is 9.62. The summed E-state index contributed by atoms with van der Waals surface area (Å²) in [5.74, 6) is 0. The summed E-state index contributed by atoms with van der Waals surface area (Å²) in [4.78, 5) is -0.113. The van der Waals surface area contributed by atoms with Crippen LogP contribution in [0, 0.1) is 6.92 Å². The third kappa shape index (κ3) is 5.37. The number of halogens is 1. The van der Waals surface area contributed by atoms with Gasteiger partial charge < -0.3 is 0 Å². The van der Waals surface area contributed by atoms with Crippen molar-refractivity contribution in [2.75, 3.05) is 0 Å². The summed E-state index contributed by atoms with van der Waals surface area (Å²) in [5.41, 5.74) is 1.27. The van der Waals surface area contributed by atoms with Crippen LogP contribution >= 0.6 is 11.6 Å². The number of aryl methyl sites for hydroxylation is 1. The maximum absolute atomic E-state index is 13.6. The van der Waals surface area contributed by atoms with Crippen LogP contribution in [0.3, 0.4) is 0 Å². The van der Waals surface area contributed by atoms with Crippen LogP contribution in [0.4, 0.5) is 0 Å². The Kier molecular flexibility index (Phi) is 7.36. The lowest BCUT2D eigenvalue weighted by Gasteiger charge is -2.23. The average Bonchev–Trinajstić information content (AvgIpc) is 2.77. The van der Waals surface area contributed by atoms with E-state index >= 15 is 0 Å². The van der Waals surface area contributed by atoms with Gasteiger partial charge >= 0.3 is 0 Å². The Morgan fingerprint density at radius 1 is 0.906 bits per heavy atom. The molecule has 0 aliphatic heterocycles. The first kappa shape index (κ1) is 23.9. The Labute approximate surface area is 194 Å². The summed E-state index contributed by atoms with van der Waals surface area (Å²) in [6, 6.07) is 19.2. The van der Waals surface area contributed by atoms with Crippen LogP contribution in [-0.4, -0.2) is 16.8 Å². The fourth-order valence-electron chi connectivity index (χ4n) is 3.11. The van der Waals surface area contributed by atoms with Gasteiger partial charge in [0.05, 0.1) is 20.7 Å². The van der Waals surface area contributed by atoms with E-state index in [2.05, 4.69) is 11.3 Å². The van der Waals surface area contributed by atoms with Crippen molar-refractivity contribution in [1.82, 2.24) is 4.72 Å². The molecule has 0 fully saturated rings. The zero-order valence-electron chi connectivity index (χ0n) is 17.3. The van der Waals surface area contributed by atoms with E-state index in [0.717, 1.165) is 5.56 Å². The molecule has 0 aliphatic rings. The molecule has 1 unspecified atom stereocenters. The van der Waals surface area contributed by atoms with Gasteiger partial charge in [-0.05, 0) is 55.0 Å². The van der Waals surface area contributed by atoms with Gasteiger partial charge in [0.15, 0.2) is 0 Å². The molecule has 0 saturated heterocycles. The van der Waals surface area contributed by atoms with Gasteiger partial charge in [0.25, 0.3) is 0 Å². The van der Waals surface area contributed by atoms with Crippen molar-refractivity contribution < 1.29 is 16.8 Å². The second-order valence-electron chi connectivity index (χ2n) is 7.04. The van der Waals surface area contributed by atoms with Crippen LogP contribution in [0.5, 0.6) is 0 Å². The van der Waals surface area contributed by atoms with Crippen LogP contribution in [-0.2, 0) is 19.9 Å². The van der Waals surface area contributed by atoms with Crippen molar-refractivity contribution in [3.8, 4) is 0 Å². The third-order valence-corrected chi connectivity index (χ3v) is 8.28. The highest BCUT2D eigenvalue weighted by Gasteiger charge is 2.32. The third-order valence-electron chi connectivity index (χ3n) is 4.72. The minimum Gasteiger partial charge on any atom is -0.219 e. The van der Waals surface area contributed by atoms with E-state index in [1.807, 2.05) is 6.92 Å². The van der Waals surface area contributed by atoms with Gasteiger partial charge in [-0.3, -0.25) is 0 Å². The lowest BCUT2D eigenvalue weighted by atomic mass is 10.1. The van der Waals surface area contributed by atoms with Gasteiger partial charge in [0.1, 0.15) is 0 Å². The van der Waals surface area contributed by atoms with E-state index in [1.54, 1.807) is 48.5 Å². The predicted octanol–water partition coefficient (Wildman–Crippen LogP) is 5.21.